The van der Waals surface area contributed by atoms with Gasteiger partial charge in [-0.05, 0) is 50.5 Å². The van der Waals surface area contributed by atoms with Gasteiger partial charge in [0.15, 0.2) is 0 Å². The van der Waals surface area contributed by atoms with E-state index < -0.39 is 0 Å². The van der Waals surface area contributed by atoms with Gasteiger partial charge in [0.2, 0.25) is 0 Å². The Bertz CT molecular complexity index is 783. The van der Waals surface area contributed by atoms with Crippen LogP contribution >= 0.6 is 0 Å². The molecule has 0 bridgehead atoms. The fraction of sp³-hybridized carbons (Fsp3) is 0.409. The molecule has 0 atom stereocenters. The molecule has 1 aromatic carbocycles. The zero-order chi connectivity index (χ0) is 19.8. The smallest absolute Gasteiger partial charge is 0.259 e. The Morgan fingerprint density at radius 1 is 0.926 bits per heavy atom. The van der Waals surface area contributed by atoms with Gasteiger partial charge in [-0.25, -0.2) is 0 Å². The molecule has 27 heavy (non-hydrogen) atoms. The van der Waals surface area contributed by atoms with Crippen LogP contribution in [0.1, 0.15) is 59.9 Å². The lowest BCUT2D eigenvalue weighted by molar-refractivity contribution is 0.0755. The summed E-state index contributed by atoms with van der Waals surface area (Å²) < 4.78 is 0. The van der Waals surface area contributed by atoms with Crippen LogP contribution in [-0.2, 0) is 0 Å². The van der Waals surface area contributed by atoms with Crippen LogP contribution in [0.4, 0.5) is 5.69 Å². The standard InChI is InChI=1S/C22H29N3O2/c1-5-11-24(12-6-2)21(26)18-14-19(16-23-15-18)22(27)25(7-3)20-10-8-9-17(4)13-20/h8-10,13-16H,5-7,11-12H2,1-4H3. The first-order chi connectivity index (χ1) is 13.0. The van der Waals surface area contributed by atoms with Crippen molar-refractivity contribution < 1.29 is 9.59 Å². The summed E-state index contributed by atoms with van der Waals surface area (Å²) >= 11 is 0. The Hall–Kier alpha value is -2.69. The van der Waals surface area contributed by atoms with Crippen molar-refractivity contribution in [3.05, 3.63) is 59.4 Å². The molecule has 0 saturated heterocycles. The Labute approximate surface area is 162 Å². The van der Waals surface area contributed by atoms with Crippen LogP contribution in [0, 0.1) is 6.92 Å². The number of anilines is 1. The van der Waals surface area contributed by atoms with Crippen LogP contribution in [0.25, 0.3) is 0 Å². The molecular formula is C22H29N3O2. The molecule has 0 unspecified atom stereocenters. The summed E-state index contributed by atoms with van der Waals surface area (Å²) in [6, 6.07) is 9.49. The molecule has 1 heterocycles. The van der Waals surface area contributed by atoms with Crippen molar-refractivity contribution in [2.45, 2.75) is 40.5 Å². The highest BCUT2D eigenvalue weighted by Gasteiger charge is 2.20. The summed E-state index contributed by atoms with van der Waals surface area (Å²) in [7, 11) is 0. The number of carbonyl (C=O) groups excluding carboxylic acids is 2. The fourth-order valence-electron chi connectivity index (χ4n) is 3.11. The maximum absolute atomic E-state index is 13.0. The van der Waals surface area contributed by atoms with Crippen LogP contribution in [0.15, 0.2) is 42.7 Å². The molecule has 0 spiro atoms. The van der Waals surface area contributed by atoms with Gasteiger partial charge in [-0.3, -0.25) is 14.6 Å². The third-order valence-corrected chi connectivity index (χ3v) is 4.38. The number of pyridine rings is 1. The second-order valence-electron chi connectivity index (χ2n) is 6.64. The largest absolute Gasteiger partial charge is 0.339 e. The molecule has 5 nitrogen and oxygen atoms in total. The van der Waals surface area contributed by atoms with E-state index in [0.29, 0.717) is 30.8 Å². The van der Waals surface area contributed by atoms with E-state index in [1.165, 1.54) is 6.20 Å². The molecule has 1 aromatic heterocycles. The number of aryl methyl sites for hydroxylation is 1. The highest BCUT2D eigenvalue weighted by molar-refractivity contribution is 6.07. The van der Waals surface area contributed by atoms with Gasteiger partial charge in [-0.1, -0.05) is 26.0 Å². The van der Waals surface area contributed by atoms with Crippen LogP contribution < -0.4 is 4.90 Å². The lowest BCUT2D eigenvalue weighted by atomic mass is 10.1. The quantitative estimate of drug-likeness (QED) is 0.698. The van der Waals surface area contributed by atoms with Gasteiger partial charge in [0.25, 0.3) is 11.8 Å². The van der Waals surface area contributed by atoms with Crippen molar-refractivity contribution in [1.82, 2.24) is 9.88 Å². The minimum Gasteiger partial charge on any atom is -0.339 e. The molecule has 144 valence electrons. The van der Waals surface area contributed by atoms with Crippen LogP contribution in [0.2, 0.25) is 0 Å². The number of carbonyl (C=O) groups is 2. The average Bonchev–Trinajstić information content (AvgIpc) is 2.68. The SMILES string of the molecule is CCCN(CCC)C(=O)c1cncc(C(=O)N(CC)c2cccc(C)c2)c1. The molecule has 0 saturated carbocycles. The first kappa shape index (κ1) is 20.6. The minimum absolute atomic E-state index is 0.0699. The maximum Gasteiger partial charge on any atom is 0.259 e. The van der Waals surface area contributed by atoms with Gasteiger partial charge in [-0.15, -0.1) is 0 Å². The summed E-state index contributed by atoms with van der Waals surface area (Å²) in [5, 5.41) is 0. The van der Waals surface area contributed by atoms with Gasteiger partial charge in [0, 0.05) is 37.7 Å². The Kier molecular flexibility index (Phi) is 7.53. The Morgan fingerprint density at radius 2 is 1.56 bits per heavy atom. The van der Waals surface area contributed by atoms with Crippen molar-refractivity contribution in [2.24, 2.45) is 0 Å². The second kappa shape index (κ2) is 9.86. The van der Waals surface area contributed by atoms with Gasteiger partial charge in [-0.2, -0.15) is 0 Å². The molecule has 0 radical (unpaired) electrons. The van der Waals surface area contributed by atoms with E-state index >= 15 is 0 Å². The third-order valence-electron chi connectivity index (χ3n) is 4.38. The number of hydrogen-bond donors (Lipinski definition) is 0. The fourth-order valence-corrected chi connectivity index (χ4v) is 3.11. The molecule has 0 aliphatic carbocycles. The molecular weight excluding hydrogens is 338 g/mol. The summed E-state index contributed by atoms with van der Waals surface area (Å²) in [6.45, 7) is 9.98. The molecule has 0 aliphatic heterocycles. The van der Waals surface area contributed by atoms with E-state index in [1.807, 2.05) is 43.0 Å². The predicted molar refractivity (Wildman–Crippen MR) is 109 cm³/mol. The Morgan fingerprint density at radius 3 is 2.11 bits per heavy atom. The molecule has 2 rings (SSSR count). The normalized spacial score (nSPS) is 10.5. The zero-order valence-corrected chi connectivity index (χ0v) is 16.7. The molecule has 0 fully saturated rings. The lowest BCUT2D eigenvalue weighted by Crippen LogP contribution is -2.33. The molecule has 2 amide bonds. The van der Waals surface area contributed by atoms with Crippen molar-refractivity contribution in [2.75, 3.05) is 24.5 Å². The second-order valence-corrected chi connectivity index (χ2v) is 6.64. The first-order valence-electron chi connectivity index (χ1n) is 9.64. The van der Waals surface area contributed by atoms with E-state index in [2.05, 4.69) is 18.8 Å². The molecule has 5 heteroatoms. The van der Waals surface area contributed by atoms with Crippen molar-refractivity contribution in [1.29, 1.82) is 0 Å². The van der Waals surface area contributed by atoms with E-state index in [-0.39, 0.29) is 11.8 Å². The Balaban J connectivity index is 2.29. The van der Waals surface area contributed by atoms with E-state index in [1.54, 1.807) is 17.2 Å². The summed E-state index contributed by atoms with van der Waals surface area (Å²) in [4.78, 5) is 33.5. The highest BCUT2D eigenvalue weighted by atomic mass is 16.2. The van der Waals surface area contributed by atoms with Gasteiger partial charge < -0.3 is 9.80 Å². The number of hydrogen-bond acceptors (Lipinski definition) is 3. The molecule has 2 aromatic rings. The lowest BCUT2D eigenvalue weighted by Gasteiger charge is -2.23. The average molecular weight is 367 g/mol. The van der Waals surface area contributed by atoms with Gasteiger partial charge in [0.05, 0.1) is 11.1 Å². The van der Waals surface area contributed by atoms with Crippen LogP contribution in [0.3, 0.4) is 0 Å². The maximum atomic E-state index is 13.0. The van der Waals surface area contributed by atoms with Crippen molar-refractivity contribution in [3.8, 4) is 0 Å². The van der Waals surface area contributed by atoms with Crippen molar-refractivity contribution in [3.63, 3.8) is 0 Å². The first-order valence-corrected chi connectivity index (χ1v) is 9.64. The zero-order valence-electron chi connectivity index (χ0n) is 16.7. The topological polar surface area (TPSA) is 53.5 Å². The number of benzene rings is 1. The van der Waals surface area contributed by atoms with E-state index in [0.717, 1.165) is 24.1 Å². The molecule has 0 aliphatic rings. The number of nitrogens with zero attached hydrogens (tertiary/aromatic N) is 3. The predicted octanol–water partition coefficient (Wildman–Crippen LogP) is 4.32. The monoisotopic (exact) mass is 367 g/mol. The number of aromatic nitrogens is 1. The summed E-state index contributed by atoms with van der Waals surface area (Å²) in [5.41, 5.74) is 2.83. The van der Waals surface area contributed by atoms with Crippen LogP contribution in [-0.4, -0.2) is 41.3 Å². The van der Waals surface area contributed by atoms with Crippen molar-refractivity contribution >= 4 is 17.5 Å². The van der Waals surface area contributed by atoms with E-state index in [9.17, 15) is 9.59 Å². The van der Waals surface area contributed by atoms with E-state index in [4.69, 9.17) is 0 Å². The van der Waals surface area contributed by atoms with Gasteiger partial charge in [0.1, 0.15) is 0 Å². The highest BCUT2D eigenvalue weighted by Crippen LogP contribution is 2.19. The summed E-state index contributed by atoms with van der Waals surface area (Å²) in [6.07, 6.45) is 4.87. The minimum atomic E-state index is -0.150. The third kappa shape index (κ3) is 5.16. The molecule has 0 N–H and O–H groups in total. The van der Waals surface area contributed by atoms with Crippen LogP contribution in [0.5, 0.6) is 0 Å². The summed E-state index contributed by atoms with van der Waals surface area (Å²) in [5.74, 6) is -0.220. The number of rotatable bonds is 8. The number of amides is 2. The van der Waals surface area contributed by atoms with Gasteiger partial charge >= 0.3 is 0 Å².